The fourth-order valence-electron chi connectivity index (χ4n) is 28.8. The molecule has 11 aliphatic rings. The number of fused-ring (bicyclic) bond motifs is 22. The SMILES string of the molecule is Cc1ccccc1-c1cc(-c2ccc3c(c2)C2(CC2)c2ccccc2C3(C)C)cc[n+]1C.Cc1ccccc1-c1cc(-c2ccc3c(c2)C2(CC2)c2ccccc2C32CC2)cc[n+]1C.Cc1ccccc1-c1cc(-c2ccc3c(c2)C2(CCCC2)c2ccccc2C32CCCC2)cc[n+]1C.Cc1ccccc1-c1cc(-c2ccc3c(c2)C2(CCCCC2)c2ccccc2C32CCCCC2)cc[n+]1C. The van der Waals surface area contributed by atoms with Crippen LogP contribution in [-0.2, 0) is 71.5 Å². The van der Waals surface area contributed by atoms with Gasteiger partial charge in [0, 0.05) is 114 Å². The van der Waals surface area contributed by atoms with Gasteiger partial charge < -0.3 is 0 Å². The number of hydrogen-bond acceptors (Lipinski definition) is 0. The van der Waals surface area contributed by atoms with Crippen LogP contribution in [0.1, 0.15) is 279 Å². The highest BCUT2D eigenvalue weighted by atomic mass is 14.9. The van der Waals surface area contributed by atoms with Crippen LogP contribution in [0.15, 0.2) is 340 Å². The minimum atomic E-state index is 0.0355. The number of aryl methyl sites for hydroxylation is 8. The molecule has 7 saturated carbocycles. The predicted molar refractivity (Wildman–Crippen MR) is 567 cm³/mol. The summed E-state index contributed by atoms with van der Waals surface area (Å²) in [5.41, 5.74) is 53.5. The zero-order chi connectivity index (χ0) is 93.7. The van der Waals surface area contributed by atoms with E-state index in [9.17, 15) is 0 Å². The van der Waals surface area contributed by atoms with Crippen molar-refractivity contribution < 1.29 is 18.3 Å². The quantitative estimate of drug-likeness (QED) is 0.135. The van der Waals surface area contributed by atoms with Crippen LogP contribution in [0.25, 0.3) is 89.5 Å². The summed E-state index contributed by atoms with van der Waals surface area (Å²) < 4.78 is 8.99. The molecule has 4 nitrogen and oxygen atoms in total. The summed E-state index contributed by atoms with van der Waals surface area (Å²) in [6, 6.07) is 121. The van der Waals surface area contributed by atoms with Gasteiger partial charge in [-0.3, -0.25) is 0 Å². The zero-order valence-electron chi connectivity index (χ0n) is 83.1. The highest BCUT2D eigenvalue weighted by molar-refractivity contribution is 5.80. The van der Waals surface area contributed by atoms with E-state index in [1.807, 2.05) is 0 Å². The second kappa shape index (κ2) is 34.1. The van der Waals surface area contributed by atoms with Crippen LogP contribution in [0.3, 0.4) is 0 Å². The average Bonchev–Trinajstić information content (AvgIpc) is 1.53. The smallest absolute Gasteiger partial charge is 0.201 e. The van der Waals surface area contributed by atoms with E-state index in [0.29, 0.717) is 0 Å². The largest absolute Gasteiger partial charge is 0.213 e. The topological polar surface area (TPSA) is 15.5 Å². The summed E-state index contributed by atoms with van der Waals surface area (Å²) in [5, 5.41) is 0. The molecule has 12 aromatic carbocycles. The number of rotatable bonds is 8. The van der Waals surface area contributed by atoms with E-state index in [1.54, 1.807) is 77.9 Å². The number of benzene rings is 12. The summed E-state index contributed by atoms with van der Waals surface area (Å²) in [7, 11) is 8.61. The van der Waals surface area contributed by atoms with Gasteiger partial charge in [-0.05, 0) is 322 Å². The Kier molecular flexibility index (Phi) is 21.7. The van der Waals surface area contributed by atoms with E-state index in [0.717, 1.165) is 0 Å². The van der Waals surface area contributed by atoms with Gasteiger partial charge in [0.15, 0.2) is 24.8 Å². The zero-order valence-corrected chi connectivity index (χ0v) is 83.1. The van der Waals surface area contributed by atoms with Crippen LogP contribution < -0.4 is 18.3 Å². The second-order valence-electron chi connectivity index (χ2n) is 44.4. The monoisotopic (exact) mass is 1800 g/mol. The van der Waals surface area contributed by atoms with Crippen molar-refractivity contribution in [3.63, 3.8) is 0 Å². The van der Waals surface area contributed by atoms with Crippen LogP contribution in [0, 0.1) is 27.7 Å². The van der Waals surface area contributed by atoms with E-state index in [1.165, 1.54) is 277 Å². The highest BCUT2D eigenvalue weighted by Gasteiger charge is 2.61. The minimum Gasteiger partial charge on any atom is -0.201 e. The first-order valence-corrected chi connectivity index (χ1v) is 52.5. The molecule has 0 radical (unpaired) electrons. The van der Waals surface area contributed by atoms with Crippen LogP contribution in [0.4, 0.5) is 0 Å². The third-order valence-electron chi connectivity index (χ3n) is 36.5. The number of pyridine rings is 4. The highest BCUT2D eigenvalue weighted by Crippen LogP contribution is 2.70. The van der Waals surface area contributed by atoms with Gasteiger partial charge in [-0.1, -0.05) is 296 Å². The molecule has 0 N–H and O–H groups in total. The Balaban J connectivity index is 0.000000100. The van der Waals surface area contributed by atoms with E-state index >= 15 is 0 Å². The standard InChI is InChI=1S/C37H40N.C35H36N.C31H28N.C31H30N/c1-27-13-5-6-14-30(27)35-26-29(19-24-38(35)2)28-17-18-33-34(25-28)37(22-11-4-12-23-37)32-16-8-7-15-31(32)36(33)20-9-3-10-21-36;1-25-11-3-4-12-28(25)33-24-27(17-22-36(33)2)26-15-16-31-32(23-26)35(20-9-10-21-35)30-14-6-5-13-29(30)34(31)18-7-8-19-34;1-21-7-3-4-8-24(21)29-20-23(13-18-32(29)2)22-11-12-27-28(19-22)31(16-17-31)26-10-6-5-9-25(26)30(27)14-15-30;1-21-9-5-6-10-24(21)29-20-23(15-18-32(29)4)22-13-14-26-28(19-22)31(16-17-31)27-12-8-7-11-25(27)30(26,2)3/h5-8,13-19,24-26H,3-4,9-12,20-23H2,1-2H3;3-6,11-17,22-24H,7-10,18-21H2,1-2H3;3-13,18-20H,14-17H2,1-2H3;5-15,18-20H,16-17H2,1-4H3/q4*+1. The Labute approximate surface area is 820 Å². The van der Waals surface area contributed by atoms with E-state index in [4.69, 9.17) is 0 Å². The lowest BCUT2D eigenvalue weighted by atomic mass is 9.51. The average molecular weight is 1800 g/mol. The molecule has 16 aromatic rings. The molecule has 27 rings (SSSR count). The fraction of sp³-hybridized carbons (Fsp3) is 0.313. The maximum absolute atomic E-state index is 2.63. The van der Waals surface area contributed by atoms with Crippen LogP contribution in [0.5, 0.6) is 0 Å². The number of aromatic nitrogens is 4. The molecule has 0 amide bonds. The molecular formula is C134H134N4+4. The van der Waals surface area contributed by atoms with Crippen molar-refractivity contribution in [2.24, 2.45) is 28.2 Å². The van der Waals surface area contributed by atoms with Crippen molar-refractivity contribution in [1.29, 1.82) is 0 Å². The molecule has 4 aromatic heterocycles. The second-order valence-corrected chi connectivity index (χ2v) is 44.4. The summed E-state index contributed by atoms with van der Waals surface area (Å²) in [6.07, 6.45) is 40.4. The molecule has 0 saturated heterocycles. The molecule has 11 aliphatic carbocycles. The molecule has 0 bridgehead atoms. The maximum atomic E-state index is 2.63. The summed E-state index contributed by atoms with van der Waals surface area (Å²) in [6.45, 7) is 13.6. The Morgan fingerprint density at radius 2 is 0.341 bits per heavy atom. The van der Waals surface area contributed by atoms with Gasteiger partial charge in [-0.2, -0.15) is 0 Å². The lowest BCUT2D eigenvalue weighted by molar-refractivity contribution is -0.660. The molecule has 0 atom stereocenters. The first-order chi connectivity index (χ1) is 67.3. The van der Waals surface area contributed by atoms with Gasteiger partial charge in [0.25, 0.3) is 0 Å². The Morgan fingerprint density at radius 1 is 0.167 bits per heavy atom. The van der Waals surface area contributed by atoms with Crippen molar-refractivity contribution in [3.05, 3.63) is 452 Å². The first-order valence-electron chi connectivity index (χ1n) is 52.5. The Morgan fingerprint density at radius 3 is 0.594 bits per heavy atom. The maximum Gasteiger partial charge on any atom is 0.213 e. The Hall–Kier alpha value is -12.8. The van der Waals surface area contributed by atoms with Gasteiger partial charge in [-0.15, -0.1) is 0 Å². The van der Waals surface area contributed by atoms with Crippen molar-refractivity contribution in [1.82, 2.24) is 0 Å². The van der Waals surface area contributed by atoms with Gasteiger partial charge in [-0.25, -0.2) is 18.3 Å². The van der Waals surface area contributed by atoms with Crippen LogP contribution >= 0.6 is 0 Å². The minimum absolute atomic E-state index is 0.0355. The van der Waals surface area contributed by atoms with Gasteiger partial charge in [0.2, 0.25) is 22.8 Å². The molecule has 4 heteroatoms. The Bertz CT molecular complexity index is 7310. The molecule has 0 unspecified atom stereocenters. The third kappa shape index (κ3) is 14.2. The summed E-state index contributed by atoms with van der Waals surface area (Å²) >= 11 is 0. The van der Waals surface area contributed by atoms with Gasteiger partial charge >= 0.3 is 0 Å². The van der Waals surface area contributed by atoms with Crippen molar-refractivity contribution in [2.75, 3.05) is 0 Å². The van der Waals surface area contributed by atoms with E-state index < -0.39 is 0 Å². The van der Waals surface area contributed by atoms with Crippen molar-refractivity contribution in [2.45, 2.75) is 239 Å². The number of hydrogen-bond donors (Lipinski definition) is 0. The van der Waals surface area contributed by atoms with Crippen molar-refractivity contribution >= 4 is 0 Å². The number of nitrogens with zero attached hydrogens (tertiary/aromatic N) is 4. The van der Waals surface area contributed by atoms with Crippen LogP contribution in [0.2, 0.25) is 0 Å². The first kappa shape index (κ1) is 88.0. The third-order valence-corrected chi connectivity index (χ3v) is 36.5. The van der Waals surface area contributed by atoms with E-state index in [2.05, 4.69) is 428 Å². The molecule has 7 fully saturated rings. The summed E-state index contributed by atoms with van der Waals surface area (Å²) in [4.78, 5) is 0. The van der Waals surface area contributed by atoms with Gasteiger partial charge in [0.05, 0.1) is 0 Å². The van der Waals surface area contributed by atoms with E-state index in [-0.39, 0.29) is 43.3 Å². The normalized spacial score (nSPS) is 18.4. The molecule has 0 aliphatic heterocycles. The molecule has 7 spiro atoms. The lowest BCUT2D eigenvalue weighted by Crippen LogP contribution is -2.44. The van der Waals surface area contributed by atoms with Crippen molar-refractivity contribution in [3.8, 4) is 89.5 Å². The summed E-state index contributed by atoms with van der Waals surface area (Å²) in [5.74, 6) is 0. The molecule has 686 valence electrons. The predicted octanol–water partition coefficient (Wildman–Crippen LogP) is 30.7. The molecule has 4 heterocycles. The molecule has 138 heavy (non-hydrogen) atoms. The van der Waals surface area contributed by atoms with Crippen LogP contribution in [-0.4, -0.2) is 0 Å². The lowest BCUT2D eigenvalue weighted by Gasteiger charge is -2.52. The van der Waals surface area contributed by atoms with Gasteiger partial charge in [0.1, 0.15) is 28.2 Å². The fourth-order valence-corrected chi connectivity index (χ4v) is 28.8. The molecular weight excluding hydrogens is 1670 g/mol.